The molecule has 0 aromatic carbocycles. The molecule has 7 heteroatoms. The van der Waals surface area contributed by atoms with Gasteiger partial charge < -0.3 is 5.32 Å². The number of carbonyl (C=O) groups excluding carboxylic acids is 2. The average Bonchev–Trinajstić information content (AvgIpc) is 2.58. The third-order valence-electron chi connectivity index (χ3n) is 2.50. The van der Waals surface area contributed by atoms with E-state index in [9.17, 15) is 9.59 Å². The maximum Gasteiger partial charge on any atom is 0.251 e. The summed E-state index contributed by atoms with van der Waals surface area (Å²) in [5, 5.41) is 11.6. The Labute approximate surface area is 97.1 Å². The smallest absolute Gasteiger partial charge is 0.251 e. The average molecular weight is 231 g/mol. The van der Waals surface area contributed by atoms with Crippen LogP contribution < -0.4 is 5.32 Å². The first kappa shape index (κ1) is 11.0. The molecule has 1 atom stereocenters. The molecule has 0 bridgehead atoms. The van der Waals surface area contributed by atoms with Crippen LogP contribution >= 0.6 is 0 Å². The van der Waals surface area contributed by atoms with E-state index in [1.54, 1.807) is 0 Å². The summed E-state index contributed by atoms with van der Waals surface area (Å²) in [6.45, 7) is 0. The van der Waals surface area contributed by atoms with Crippen LogP contribution in [0.5, 0.6) is 0 Å². The van der Waals surface area contributed by atoms with E-state index in [-0.39, 0.29) is 29.7 Å². The summed E-state index contributed by atoms with van der Waals surface area (Å²) in [5.41, 5.74) is 0.0994. The first-order chi connectivity index (χ1) is 8.13. The zero-order chi connectivity index (χ0) is 12.4. The van der Waals surface area contributed by atoms with E-state index in [0.717, 1.165) is 4.90 Å². The van der Waals surface area contributed by atoms with Gasteiger partial charge in [0, 0.05) is 19.4 Å². The Balaban J connectivity index is 2.20. The van der Waals surface area contributed by atoms with Gasteiger partial charge in [-0.1, -0.05) is 0 Å². The molecular formula is C10H9N5O2. The summed E-state index contributed by atoms with van der Waals surface area (Å²) < 4.78 is 0. The van der Waals surface area contributed by atoms with Crippen LogP contribution in [0.3, 0.4) is 0 Å². The number of hydrogen-bond donors (Lipinski definition) is 1. The van der Waals surface area contributed by atoms with Crippen LogP contribution in [0.2, 0.25) is 0 Å². The van der Waals surface area contributed by atoms with Crippen molar-refractivity contribution in [1.29, 1.82) is 5.26 Å². The molecule has 86 valence electrons. The number of likely N-dealkylation sites (tertiary alicyclic amines) is 1. The van der Waals surface area contributed by atoms with E-state index < -0.39 is 6.04 Å². The highest BCUT2D eigenvalue weighted by molar-refractivity contribution is 6.06. The molecule has 1 N–H and O–H groups in total. The quantitative estimate of drug-likeness (QED) is 0.690. The fourth-order valence-corrected chi connectivity index (χ4v) is 1.56. The zero-order valence-corrected chi connectivity index (χ0v) is 9.04. The highest BCUT2D eigenvalue weighted by Gasteiger charge is 2.36. The van der Waals surface area contributed by atoms with E-state index in [0.29, 0.717) is 0 Å². The monoisotopic (exact) mass is 231 g/mol. The minimum Gasteiger partial charge on any atom is -0.356 e. The topological polar surface area (TPSA) is 99.0 Å². The Morgan fingerprint density at radius 2 is 2.18 bits per heavy atom. The van der Waals surface area contributed by atoms with Crippen molar-refractivity contribution in [3.8, 4) is 6.07 Å². The molecule has 17 heavy (non-hydrogen) atoms. The number of anilines is 1. The molecule has 1 unspecified atom stereocenters. The van der Waals surface area contributed by atoms with E-state index in [1.165, 1.54) is 19.4 Å². The van der Waals surface area contributed by atoms with E-state index in [4.69, 9.17) is 5.26 Å². The number of amides is 2. The van der Waals surface area contributed by atoms with Crippen molar-refractivity contribution in [1.82, 2.24) is 14.9 Å². The van der Waals surface area contributed by atoms with Gasteiger partial charge in [-0.25, -0.2) is 9.97 Å². The minimum atomic E-state index is -0.670. The van der Waals surface area contributed by atoms with Gasteiger partial charge in [-0.2, -0.15) is 5.26 Å². The van der Waals surface area contributed by atoms with Crippen molar-refractivity contribution in [3.63, 3.8) is 0 Å². The predicted molar refractivity (Wildman–Crippen MR) is 56.6 cm³/mol. The summed E-state index contributed by atoms with van der Waals surface area (Å²) in [7, 11) is 1.42. The molecule has 1 aliphatic heterocycles. The normalized spacial score (nSPS) is 19.3. The maximum atomic E-state index is 11.6. The van der Waals surface area contributed by atoms with Crippen LogP contribution in [0.15, 0.2) is 12.4 Å². The highest BCUT2D eigenvalue weighted by Crippen LogP contribution is 2.16. The number of imide groups is 1. The second-order valence-corrected chi connectivity index (χ2v) is 3.56. The number of aromatic nitrogens is 2. The van der Waals surface area contributed by atoms with Crippen molar-refractivity contribution in [2.75, 3.05) is 12.4 Å². The predicted octanol–water partition coefficient (Wildman–Crippen LogP) is -0.483. The molecule has 0 saturated carbocycles. The lowest BCUT2D eigenvalue weighted by molar-refractivity contribution is -0.136. The van der Waals surface area contributed by atoms with Gasteiger partial charge in [0.15, 0.2) is 11.5 Å². The number of nitriles is 1. The SMILES string of the molecule is CN1C(=O)CC(Nc2nccnc2C#N)C1=O. The van der Waals surface area contributed by atoms with Crippen LogP contribution in [0, 0.1) is 11.3 Å². The van der Waals surface area contributed by atoms with Crippen LogP contribution in [-0.4, -0.2) is 39.8 Å². The summed E-state index contributed by atoms with van der Waals surface area (Å²) in [6, 6.07) is 1.19. The fourth-order valence-electron chi connectivity index (χ4n) is 1.56. The van der Waals surface area contributed by atoms with Gasteiger partial charge in [-0.05, 0) is 0 Å². The molecule has 1 aromatic rings. The van der Waals surface area contributed by atoms with Crippen LogP contribution in [-0.2, 0) is 9.59 Å². The van der Waals surface area contributed by atoms with Crippen molar-refractivity contribution in [3.05, 3.63) is 18.1 Å². The molecule has 1 saturated heterocycles. The second kappa shape index (κ2) is 4.17. The van der Waals surface area contributed by atoms with Gasteiger partial charge in [0.2, 0.25) is 5.91 Å². The van der Waals surface area contributed by atoms with Crippen LogP contribution in [0.25, 0.3) is 0 Å². The number of hydrogen-bond acceptors (Lipinski definition) is 6. The van der Waals surface area contributed by atoms with Crippen molar-refractivity contribution in [2.45, 2.75) is 12.5 Å². The lowest BCUT2D eigenvalue weighted by atomic mass is 10.2. The molecule has 2 rings (SSSR count). The zero-order valence-electron chi connectivity index (χ0n) is 9.04. The summed E-state index contributed by atoms with van der Waals surface area (Å²) in [4.78, 5) is 31.7. The van der Waals surface area contributed by atoms with Crippen LogP contribution in [0.1, 0.15) is 12.1 Å². The number of nitrogens with zero attached hydrogens (tertiary/aromatic N) is 4. The third kappa shape index (κ3) is 1.92. The van der Waals surface area contributed by atoms with E-state index in [2.05, 4.69) is 15.3 Å². The lowest BCUT2D eigenvalue weighted by Crippen LogP contribution is -2.32. The van der Waals surface area contributed by atoms with Crippen molar-refractivity contribution >= 4 is 17.6 Å². The third-order valence-corrected chi connectivity index (χ3v) is 2.50. The Morgan fingerprint density at radius 3 is 2.76 bits per heavy atom. The Kier molecular flexibility index (Phi) is 2.70. The second-order valence-electron chi connectivity index (χ2n) is 3.56. The number of likely N-dealkylation sites (N-methyl/N-ethyl adjacent to an activating group) is 1. The summed E-state index contributed by atoms with van der Waals surface area (Å²) in [6.07, 6.45) is 2.86. The van der Waals surface area contributed by atoms with Gasteiger partial charge in [-0.3, -0.25) is 14.5 Å². The molecule has 2 heterocycles. The van der Waals surface area contributed by atoms with Crippen molar-refractivity contribution in [2.24, 2.45) is 0 Å². The Hall–Kier alpha value is -2.49. The minimum absolute atomic E-state index is 0.0662. The Bertz CT molecular complexity index is 522. The van der Waals surface area contributed by atoms with Gasteiger partial charge in [0.1, 0.15) is 12.1 Å². The molecule has 0 radical (unpaired) electrons. The molecule has 0 spiro atoms. The Morgan fingerprint density at radius 1 is 1.47 bits per heavy atom. The molecule has 0 aliphatic carbocycles. The summed E-state index contributed by atoms with van der Waals surface area (Å²) >= 11 is 0. The standard InChI is InChI=1S/C10H9N5O2/c1-15-8(16)4-6(10(15)17)14-9-7(5-11)12-2-3-13-9/h2-3,6H,4H2,1H3,(H,13,14). The fraction of sp³-hybridized carbons (Fsp3) is 0.300. The largest absolute Gasteiger partial charge is 0.356 e. The van der Waals surface area contributed by atoms with E-state index >= 15 is 0 Å². The number of nitrogens with one attached hydrogen (secondary N) is 1. The van der Waals surface area contributed by atoms with Gasteiger partial charge in [-0.15, -0.1) is 0 Å². The maximum absolute atomic E-state index is 11.6. The molecule has 1 aliphatic rings. The molecule has 7 nitrogen and oxygen atoms in total. The first-order valence-electron chi connectivity index (χ1n) is 4.91. The van der Waals surface area contributed by atoms with Crippen LogP contribution in [0.4, 0.5) is 5.82 Å². The molecule has 2 amide bonds. The van der Waals surface area contributed by atoms with Gasteiger partial charge in [0.25, 0.3) is 5.91 Å². The first-order valence-corrected chi connectivity index (χ1v) is 4.91. The van der Waals surface area contributed by atoms with Gasteiger partial charge >= 0.3 is 0 Å². The highest BCUT2D eigenvalue weighted by atomic mass is 16.2. The lowest BCUT2D eigenvalue weighted by Gasteiger charge is -2.11. The molecule has 1 aromatic heterocycles. The number of rotatable bonds is 2. The molecule has 1 fully saturated rings. The van der Waals surface area contributed by atoms with E-state index in [1.807, 2.05) is 6.07 Å². The van der Waals surface area contributed by atoms with Gasteiger partial charge in [0.05, 0.1) is 6.42 Å². The molecular weight excluding hydrogens is 222 g/mol. The van der Waals surface area contributed by atoms with Crippen molar-refractivity contribution < 1.29 is 9.59 Å². The number of carbonyl (C=O) groups is 2. The summed E-state index contributed by atoms with van der Waals surface area (Å²) in [5.74, 6) is -0.365.